The van der Waals surface area contributed by atoms with Crippen LogP contribution in [0.1, 0.15) is 90.0 Å². The van der Waals surface area contributed by atoms with Gasteiger partial charge < -0.3 is 34.5 Å². The van der Waals surface area contributed by atoms with Gasteiger partial charge in [0.2, 0.25) is 0 Å². The maximum Gasteiger partial charge on any atom is 0.513 e. The maximum atomic E-state index is 12.6. The zero-order valence-electron chi connectivity index (χ0n) is 23.7. The highest BCUT2D eigenvalue weighted by atomic mass is 16.7. The average molecular weight is 566 g/mol. The van der Waals surface area contributed by atoms with Crippen molar-refractivity contribution in [1.82, 2.24) is 0 Å². The van der Waals surface area contributed by atoms with Crippen LogP contribution in [0.2, 0.25) is 0 Å². The minimum absolute atomic E-state index is 0.0434. The Bertz CT molecular complexity index is 976. The van der Waals surface area contributed by atoms with E-state index in [9.17, 15) is 24.3 Å². The number of esters is 1. The number of rotatable bonds is 15. The molecule has 2 unspecified atom stereocenters. The fourth-order valence-corrected chi connectivity index (χ4v) is 4.55. The summed E-state index contributed by atoms with van der Waals surface area (Å²) in [6.45, 7) is 5.87. The van der Waals surface area contributed by atoms with Gasteiger partial charge in [0, 0.05) is 5.92 Å². The number of unbranched alkanes of at least 4 members (excludes halogenated alkanes) is 2. The number of ether oxygens (including phenoxy) is 5. The lowest BCUT2D eigenvalue weighted by atomic mass is 9.82. The summed E-state index contributed by atoms with van der Waals surface area (Å²) in [6.07, 6.45) is 5.54. The van der Waals surface area contributed by atoms with E-state index in [2.05, 4.69) is 0 Å². The molecule has 0 heterocycles. The van der Waals surface area contributed by atoms with Crippen LogP contribution in [-0.4, -0.2) is 55.2 Å². The molecule has 1 aromatic carbocycles. The largest absolute Gasteiger partial charge is 0.513 e. The summed E-state index contributed by atoms with van der Waals surface area (Å²) in [5.74, 6) is -3.32. The highest BCUT2D eigenvalue weighted by Gasteiger charge is 2.33. The van der Waals surface area contributed by atoms with Gasteiger partial charge in [0.25, 0.3) is 0 Å². The van der Waals surface area contributed by atoms with Crippen LogP contribution in [0.4, 0.5) is 9.59 Å². The summed E-state index contributed by atoms with van der Waals surface area (Å²) >= 11 is 0. The summed E-state index contributed by atoms with van der Waals surface area (Å²) in [7, 11) is 0. The van der Waals surface area contributed by atoms with E-state index in [0.29, 0.717) is 18.4 Å². The quantitative estimate of drug-likeness (QED) is 0.118. The van der Waals surface area contributed by atoms with Crippen molar-refractivity contribution in [2.75, 3.05) is 19.8 Å². The molecule has 0 aromatic heterocycles. The smallest absolute Gasteiger partial charge is 0.480 e. The van der Waals surface area contributed by atoms with Crippen LogP contribution in [0.25, 0.3) is 0 Å². The third kappa shape index (κ3) is 10.7. The standard InChI is InChI=1S/C29H43NO10/c1-4-6-15-36-28(34)39-22-14-13-21(17-23(22)40-29(35)37-16-7-5-2)24(25(30)26(31)32)19(3)18-38-27(33)20-11-9-8-10-12-20/h13-14,17,19-20,24-25H,4-12,15-16,18,30H2,1-3H3,(H,31,32)/t19?,24?,25-/m0/s1. The third-order valence-corrected chi connectivity index (χ3v) is 6.89. The van der Waals surface area contributed by atoms with E-state index in [-0.39, 0.29) is 43.2 Å². The molecule has 3 N–H and O–H groups in total. The van der Waals surface area contributed by atoms with Crippen LogP contribution >= 0.6 is 0 Å². The minimum Gasteiger partial charge on any atom is -0.480 e. The first-order valence-electron chi connectivity index (χ1n) is 14.2. The van der Waals surface area contributed by atoms with E-state index < -0.39 is 36.2 Å². The molecule has 1 saturated carbocycles. The molecule has 224 valence electrons. The van der Waals surface area contributed by atoms with Crippen LogP contribution in [0, 0.1) is 11.8 Å². The summed E-state index contributed by atoms with van der Waals surface area (Å²) in [4.78, 5) is 49.0. The predicted octanol–water partition coefficient (Wildman–Crippen LogP) is 5.57. The van der Waals surface area contributed by atoms with E-state index in [1.54, 1.807) is 6.92 Å². The second kappa shape index (κ2) is 17.4. The predicted molar refractivity (Wildman–Crippen MR) is 145 cm³/mol. The molecule has 0 aliphatic heterocycles. The van der Waals surface area contributed by atoms with Crippen LogP contribution in [0.3, 0.4) is 0 Å². The molecule has 0 saturated heterocycles. The molecular weight excluding hydrogens is 522 g/mol. The number of benzene rings is 1. The van der Waals surface area contributed by atoms with Crippen molar-refractivity contribution in [3.8, 4) is 11.5 Å². The summed E-state index contributed by atoms with van der Waals surface area (Å²) in [5, 5.41) is 9.73. The minimum atomic E-state index is -1.36. The van der Waals surface area contributed by atoms with Crippen LogP contribution in [0.5, 0.6) is 11.5 Å². The zero-order valence-corrected chi connectivity index (χ0v) is 23.7. The SMILES string of the molecule is CCCCOC(=O)Oc1ccc(C(C(C)COC(=O)C2CCCCC2)[C@H](N)C(=O)O)cc1OC(=O)OCCCC. The normalized spacial score (nSPS) is 15.8. The molecule has 40 heavy (non-hydrogen) atoms. The van der Waals surface area contributed by atoms with Crippen molar-refractivity contribution in [2.24, 2.45) is 17.6 Å². The Kier molecular flexibility index (Phi) is 14.3. The molecule has 0 spiro atoms. The van der Waals surface area contributed by atoms with Gasteiger partial charge in [-0.3, -0.25) is 9.59 Å². The second-order valence-corrected chi connectivity index (χ2v) is 10.1. The molecule has 2 rings (SSSR count). The fourth-order valence-electron chi connectivity index (χ4n) is 4.55. The third-order valence-electron chi connectivity index (χ3n) is 6.89. The molecule has 1 aliphatic rings. The lowest BCUT2D eigenvalue weighted by molar-refractivity contribution is -0.151. The van der Waals surface area contributed by atoms with Gasteiger partial charge in [0.1, 0.15) is 6.04 Å². The molecule has 11 heteroatoms. The Labute approximate surface area is 235 Å². The van der Waals surface area contributed by atoms with Crippen LogP contribution in [0.15, 0.2) is 18.2 Å². The molecule has 11 nitrogen and oxygen atoms in total. The number of carboxylic acid groups (broad SMARTS) is 1. The van der Waals surface area contributed by atoms with E-state index in [4.69, 9.17) is 29.4 Å². The lowest BCUT2D eigenvalue weighted by Crippen LogP contribution is -2.41. The highest BCUT2D eigenvalue weighted by molar-refractivity contribution is 5.75. The number of carbonyl (C=O) groups excluding carboxylic acids is 3. The number of nitrogens with two attached hydrogens (primary N) is 1. The molecule has 1 aromatic rings. The monoisotopic (exact) mass is 565 g/mol. The topological polar surface area (TPSA) is 161 Å². The Hall–Kier alpha value is -3.34. The zero-order chi connectivity index (χ0) is 29.5. The number of hydrogen-bond acceptors (Lipinski definition) is 10. The van der Waals surface area contributed by atoms with Crippen molar-refractivity contribution < 1.29 is 48.0 Å². The lowest BCUT2D eigenvalue weighted by Gasteiger charge is -2.29. The van der Waals surface area contributed by atoms with Gasteiger partial charge in [-0.05, 0) is 49.3 Å². The second-order valence-electron chi connectivity index (χ2n) is 10.1. The molecule has 0 radical (unpaired) electrons. The highest BCUT2D eigenvalue weighted by Crippen LogP contribution is 2.36. The maximum absolute atomic E-state index is 12.6. The molecular formula is C29H43NO10. The fraction of sp³-hybridized carbons (Fsp3) is 0.655. The van der Waals surface area contributed by atoms with Gasteiger partial charge in [-0.15, -0.1) is 0 Å². The van der Waals surface area contributed by atoms with Crippen molar-refractivity contribution in [3.63, 3.8) is 0 Å². The number of carbonyl (C=O) groups is 4. The van der Waals surface area contributed by atoms with Crippen molar-refractivity contribution in [2.45, 2.75) is 90.5 Å². The average Bonchev–Trinajstić information content (AvgIpc) is 2.93. The number of aliphatic carboxylic acids is 1. The first-order valence-corrected chi connectivity index (χ1v) is 14.2. The van der Waals surface area contributed by atoms with Gasteiger partial charge in [-0.1, -0.05) is 58.9 Å². The summed E-state index contributed by atoms with van der Waals surface area (Å²) in [6, 6.07) is 2.91. The van der Waals surface area contributed by atoms with Crippen molar-refractivity contribution >= 4 is 24.2 Å². The Balaban J connectivity index is 2.28. The van der Waals surface area contributed by atoms with Crippen LogP contribution < -0.4 is 15.2 Å². The van der Waals surface area contributed by atoms with E-state index in [1.165, 1.54) is 18.2 Å². The Morgan fingerprint density at radius 1 is 0.900 bits per heavy atom. The van der Waals surface area contributed by atoms with Crippen molar-refractivity contribution in [1.29, 1.82) is 0 Å². The number of carboxylic acids is 1. The molecule has 0 bridgehead atoms. The van der Waals surface area contributed by atoms with Gasteiger partial charge in [0.05, 0.1) is 25.7 Å². The van der Waals surface area contributed by atoms with Gasteiger partial charge in [-0.25, -0.2) is 9.59 Å². The summed E-state index contributed by atoms with van der Waals surface area (Å²) < 4.78 is 26.3. The van der Waals surface area contributed by atoms with Gasteiger partial charge in [-0.2, -0.15) is 0 Å². The first-order chi connectivity index (χ1) is 19.2. The number of hydrogen-bond donors (Lipinski definition) is 2. The molecule has 1 fully saturated rings. The summed E-state index contributed by atoms with van der Waals surface area (Å²) in [5.41, 5.74) is 6.47. The van der Waals surface area contributed by atoms with Gasteiger partial charge in [0.15, 0.2) is 11.5 Å². The van der Waals surface area contributed by atoms with E-state index in [1.807, 2.05) is 13.8 Å². The molecule has 1 aliphatic carbocycles. The van der Waals surface area contributed by atoms with Crippen molar-refractivity contribution in [3.05, 3.63) is 23.8 Å². The van der Waals surface area contributed by atoms with Gasteiger partial charge >= 0.3 is 24.2 Å². The molecule has 3 atom stereocenters. The molecule has 0 amide bonds. The Morgan fingerprint density at radius 3 is 2.02 bits per heavy atom. The van der Waals surface area contributed by atoms with E-state index >= 15 is 0 Å². The van der Waals surface area contributed by atoms with Crippen LogP contribution in [-0.2, 0) is 23.8 Å². The Morgan fingerprint density at radius 2 is 1.48 bits per heavy atom. The first kappa shape index (κ1) is 32.9. The van der Waals surface area contributed by atoms with E-state index in [0.717, 1.165) is 44.9 Å².